The van der Waals surface area contributed by atoms with Crippen LogP contribution < -0.4 is 10.6 Å². The molecule has 0 saturated carbocycles. The molecular weight excluding hydrogens is 336 g/mol. The molecule has 0 heterocycles. The summed E-state index contributed by atoms with van der Waals surface area (Å²) in [6, 6.07) is 15.4. The first-order valence-electron chi connectivity index (χ1n) is 8.30. The smallest absolute Gasteiger partial charge is 0.239 e. The van der Waals surface area contributed by atoms with Gasteiger partial charge in [0.1, 0.15) is 0 Å². The lowest BCUT2D eigenvalue weighted by molar-refractivity contribution is -0.119. The number of benzene rings is 2. The first-order chi connectivity index (χ1) is 11.8. The van der Waals surface area contributed by atoms with E-state index in [2.05, 4.69) is 10.6 Å². The summed E-state index contributed by atoms with van der Waals surface area (Å²) in [5.74, 6) is -0.0868. The number of ether oxygens (including phenoxy) is 1. The van der Waals surface area contributed by atoms with E-state index in [1.165, 1.54) is 0 Å². The normalized spacial score (nSPS) is 11.2. The average Bonchev–Trinajstić information content (AvgIpc) is 2.57. The van der Waals surface area contributed by atoms with Crippen molar-refractivity contribution < 1.29 is 9.53 Å². The third-order valence-electron chi connectivity index (χ3n) is 3.47. The van der Waals surface area contributed by atoms with Crippen LogP contribution >= 0.6 is 11.6 Å². The van der Waals surface area contributed by atoms with Gasteiger partial charge < -0.3 is 15.4 Å². The molecule has 5 heteroatoms. The Morgan fingerprint density at radius 1 is 1.08 bits per heavy atom. The maximum absolute atomic E-state index is 12.0. The summed E-state index contributed by atoms with van der Waals surface area (Å²) in [6.07, 6.45) is 0. The molecule has 0 aliphatic heterocycles. The molecule has 0 fully saturated rings. The molecule has 0 aliphatic carbocycles. The van der Waals surface area contributed by atoms with E-state index in [9.17, 15) is 4.79 Å². The first-order valence-corrected chi connectivity index (χ1v) is 8.68. The predicted molar refractivity (Wildman–Crippen MR) is 103 cm³/mol. The molecular formula is C20H25ClN2O2. The third kappa shape index (κ3) is 7.16. The second-order valence-corrected chi connectivity index (χ2v) is 7.24. The fraction of sp³-hybridized carbons (Fsp3) is 0.350. The van der Waals surface area contributed by atoms with Crippen molar-refractivity contribution in [3.8, 4) is 0 Å². The van der Waals surface area contributed by atoms with Crippen LogP contribution in [-0.4, -0.2) is 18.1 Å². The molecule has 2 N–H and O–H groups in total. The number of nitrogens with one attached hydrogen (secondary N) is 2. The van der Waals surface area contributed by atoms with Crippen molar-refractivity contribution in [1.29, 1.82) is 0 Å². The van der Waals surface area contributed by atoms with E-state index in [1.54, 1.807) is 6.07 Å². The average molecular weight is 361 g/mol. The summed E-state index contributed by atoms with van der Waals surface area (Å²) in [6.45, 7) is 7.30. The number of amides is 1. The van der Waals surface area contributed by atoms with Crippen molar-refractivity contribution in [1.82, 2.24) is 5.32 Å². The highest BCUT2D eigenvalue weighted by molar-refractivity contribution is 6.33. The van der Waals surface area contributed by atoms with E-state index >= 15 is 0 Å². The predicted octanol–water partition coefficient (Wildman–Crippen LogP) is 4.38. The first kappa shape index (κ1) is 19.3. The van der Waals surface area contributed by atoms with E-state index in [4.69, 9.17) is 16.3 Å². The van der Waals surface area contributed by atoms with E-state index in [-0.39, 0.29) is 18.1 Å². The molecule has 2 aromatic carbocycles. The standard InChI is InChI=1S/C20H25ClN2O2/c1-20(2,3)25-14-16-8-6-7-15(11-16)12-23-19(24)13-22-18-10-5-4-9-17(18)21/h4-11,22H,12-14H2,1-3H3,(H,23,24). The van der Waals surface area contributed by atoms with Gasteiger partial charge in [-0.3, -0.25) is 4.79 Å². The molecule has 0 radical (unpaired) electrons. The van der Waals surface area contributed by atoms with Crippen LogP contribution in [0.1, 0.15) is 31.9 Å². The summed E-state index contributed by atoms with van der Waals surface area (Å²) < 4.78 is 5.78. The molecule has 25 heavy (non-hydrogen) atoms. The monoisotopic (exact) mass is 360 g/mol. The Morgan fingerprint density at radius 2 is 1.80 bits per heavy atom. The van der Waals surface area contributed by atoms with Gasteiger partial charge in [0, 0.05) is 6.54 Å². The lowest BCUT2D eigenvalue weighted by Crippen LogP contribution is -2.29. The molecule has 0 spiro atoms. The molecule has 0 aliphatic rings. The molecule has 0 unspecified atom stereocenters. The van der Waals surface area contributed by atoms with E-state index in [0.717, 1.165) is 16.8 Å². The van der Waals surface area contributed by atoms with Crippen molar-refractivity contribution in [3.63, 3.8) is 0 Å². The van der Waals surface area contributed by atoms with Gasteiger partial charge in [0.15, 0.2) is 0 Å². The molecule has 0 aromatic heterocycles. The van der Waals surface area contributed by atoms with Gasteiger partial charge in [-0.2, -0.15) is 0 Å². The van der Waals surface area contributed by atoms with Crippen molar-refractivity contribution in [2.75, 3.05) is 11.9 Å². The minimum Gasteiger partial charge on any atom is -0.375 e. The second kappa shape index (κ2) is 8.88. The molecule has 2 aromatic rings. The van der Waals surface area contributed by atoms with Crippen molar-refractivity contribution in [2.45, 2.75) is 39.5 Å². The minimum atomic E-state index is -0.172. The Kier molecular flexibility index (Phi) is 6.85. The number of hydrogen-bond donors (Lipinski definition) is 2. The van der Waals surface area contributed by atoms with Gasteiger partial charge in [0.05, 0.1) is 29.5 Å². The number of halogens is 1. The van der Waals surface area contributed by atoms with Gasteiger partial charge in [-0.1, -0.05) is 48.0 Å². The van der Waals surface area contributed by atoms with Crippen LogP contribution in [0, 0.1) is 0 Å². The fourth-order valence-corrected chi connectivity index (χ4v) is 2.38. The number of hydrogen-bond acceptors (Lipinski definition) is 3. The molecule has 134 valence electrons. The maximum atomic E-state index is 12.0. The Labute approximate surface area is 154 Å². The molecule has 0 saturated heterocycles. The summed E-state index contributed by atoms with van der Waals surface area (Å²) in [5.41, 5.74) is 2.71. The zero-order valence-electron chi connectivity index (χ0n) is 14.9. The van der Waals surface area contributed by atoms with Gasteiger partial charge in [-0.15, -0.1) is 0 Å². The Hall–Kier alpha value is -2.04. The van der Waals surface area contributed by atoms with E-state index < -0.39 is 0 Å². The SMILES string of the molecule is CC(C)(C)OCc1cccc(CNC(=O)CNc2ccccc2Cl)c1. The van der Waals surface area contributed by atoms with E-state index in [0.29, 0.717) is 18.2 Å². The van der Waals surface area contributed by atoms with Crippen LogP contribution in [0.25, 0.3) is 0 Å². The quantitative estimate of drug-likeness (QED) is 0.770. The van der Waals surface area contributed by atoms with Crippen molar-refractivity contribution in [2.24, 2.45) is 0 Å². The van der Waals surface area contributed by atoms with Crippen molar-refractivity contribution in [3.05, 3.63) is 64.7 Å². The third-order valence-corrected chi connectivity index (χ3v) is 3.80. The number of rotatable bonds is 7. The summed E-state index contributed by atoms with van der Waals surface area (Å²) >= 11 is 6.05. The summed E-state index contributed by atoms with van der Waals surface area (Å²) in [4.78, 5) is 12.0. The Balaban J connectivity index is 1.80. The molecule has 0 bridgehead atoms. The topological polar surface area (TPSA) is 50.4 Å². The van der Waals surface area contributed by atoms with Crippen LogP contribution in [0.5, 0.6) is 0 Å². The minimum absolute atomic E-state index is 0.0868. The number of anilines is 1. The highest BCUT2D eigenvalue weighted by atomic mass is 35.5. The van der Waals surface area contributed by atoms with Crippen LogP contribution in [0.4, 0.5) is 5.69 Å². The van der Waals surface area contributed by atoms with E-state index in [1.807, 2.05) is 63.2 Å². The van der Waals surface area contributed by atoms with Crippen LogP contribution in [-0.2, 0) is 22.7 Å². The Bertz CT molecular complexity index is 711. The number of para-hydroxylation sites is 1. The molecule has 4 nitrogen and oxygen atoms in total. The second-order valence-electron chi connectivity index (χ2n) is 6.83. The highest BCUT2D eigenvalue weighted by Gasteiger charge is 2.10. The summed E-state index contributed by atoms with van der Waals surface area (Å²) in [5, 5.41) is 6.54. The van der Waals surface area contributed by atoms with Gasteiger partial charge in [-0.05, 0) is 44.0 Å². The highest BCUT2D eigenvalue weighted by Crippen LogP contribution is 2.19. The zero-order valence-corrected chi connectivity index (χ0v) is 15.7. The summed E-state index contributed by atoms with van der Waals surface area (Å²) in [7, 11) is 0. The van der Waals surface area contributed by atoms with Gasteiger partial charge in [0.2, 0.25) is 5.91 Å². The molecule has 1 amide bonds. The molecule has 0 atom stereocenters. The maximum Gasteiger partial charge on any atom is 0.239 e. The van der Waals surface area contributed by atoms with Gasteiger partial charge in [0.25, 0.3) is 0 Å². The molecule has 2 rings (SSSR count). The van der Waals surface area contributed by atoms with Gasteiger partial charge in [-0.25, -0.2) is 0 Å². The fourth-order valence-electron chi connectivity index (χ4n) is 2.17. The van der Waals surface area contributed by atoms with Gasteiger partial charge >= 0.3 is 0 Å². The van der Waals surface area contributed by atoms with Crippen molar-refractivity contribution >= 4 is 23.2 Å². The lowest BCUT2D eigenvalue weighted by atomic mass is 10.1. The number of carbonyl (C=O) groups is 1. The Morgan fingerprint density at radius 3 is 2.52 bits per heavy atom. The zero-order chi connectivity index (χ0) is 18.3. The van der Waals surface area contributed by atoms with Crippen LogP contribution in [0.2, 0.25) is 5.02 Å². The van der Waals surface area contributed by atoms with Crippen LogP contribution in [0.15, 0.2) is 48.5 Å². The lowest BCUT2D eigenvalue weighted by Gasteiger charge is -2.19. The van der Waals surface area contributed by atoms with Crippen LogP contribution in [0.3, 0.4) is 0 Å². The largest absolute Gasteiger partial charge is 0.375 e. The number of carbonyl (C=O) groups excluding carboxylic acids is 1.